The summed E-state index contributed by atoms with van der Waals surface area (Å²) in [5.74, 6) is -0.544. The standard InChI is InChI=1S/C31H60O16/c1-3-47-31(33)5-7-36-9-11-38-13-15-40-17-19-42-21-23-44-25-27-46-29-28-45-26-24-43-22-20-41-18-16-39-14-12-37-10-8-35-6-4-30(32)34-2/h3-29H2,1-2H3. The highest BCUT2D eigenvalue weighted by Crippen LogP contribution is 1.90. The smallest absolute Gasteiger partial charge is 0.308 e. The van der Waals surface area contributed by atoms with Gasteiger partial charge in [0.25, 0.3) is 0 Å². The van der Waals surface area contributed by atoms with Crippen molar-refractivity contribution >= 4 is 11.9 Å². The van der Waals surface area contributed by atoms with Gasteiger partial charge in [-0.05, 0) is 6.92 Å². The van der Waals surface area contributed by atoms with E-state index in [1.807, 2.05) is 0 Å². The average molecular weight is 689 g/mol. The number of rotatable bonds is 40. The van der Waals surface area contributed by atoms with E-state index in [-0.39, 0.29) is 24.8 Å². The summed E-state index contributed by atoms with van der Waals surface area (Å²) in [4.78, 5) is 22.1. The summed E-state index contributed by atoms with van der Waals surface area (Å²) in [7, 11) is 1.35. The Balaban J connectivity index is 3.07. The monoisotopic (exact) mass is 688 g/mol. The quantitative estimate of drug-likeness (QED) is 0.0652. The Hall–Kier alpha value is -1.54. The molecule has 0 aliphatic heterocycles. The van der Waals surface area contributed by atoms with Gasteiger partial charge in [-0.3, -0.25) is 9.59 Å². The number of carbonyl (C=O) groups excluding carboxylic acids is 2. The van der Waals surface area contributed by atoms with Gasteiger partial charge in [0.05, 0.1) is 185 Å². The predicted molar refractivity (Wildman–Crippen MR) is 168 cm³/mol. The lowest BCUT2D eigenvalue weighted by atomic mass is 10.5. The Morgan fingerprint density at radius 1 is 0.319 bits per heavy atom. The summed E-state index contributed by atoms with van der Waals surface area (Å²) < 4.78 is 74.2. The van der Waals surface area contributed by atoms with E-state index in [0.717, 1.165) is 0 Å². The molecule has 0 saturated carbocycles. The van der Waals surface area contributed by atoms with E-state index < -0.39 is 0 Å². The molecule has 0 aromatic rings. The van der Waals surface area contributed by atoms with E-state index >= 15 is 0 Å². The third kappa shape index (κ3) is 40.5. The van der Waals surface area contributed by atoms with Gasteiger partial charge in [0.1, 0.15) is 0 Å². The fourth-order valence-electron chi connectivity index (χ4n) is 3.17. The summed E-state index contributed by atoms with van der Waals surface area (Å²) in [6, 6.07) is 0. The van der Waals surface area contributed by atoms with Crippen LogP contribution in [-0.2, 0) is 75.9 Å². The average Bonchev–Trinajstić information content (AvgIpc) is 3.07. The van der Waals surface area contributed by atoms with Crippen LogP contribution in [0.4, 0.5) is 0 Å². The molecule has 0 aliphatic carbocycles. The van der Waals surface area contributed by atoms with Crippen LogP contribution in [0.1, 0.15) is 19.8 Å². The van der Waals surface area contributed by atoms with Crippen molar-refractivity contribution in [2.75, 3.05) is 172 Å². The Morgan fingerprint density at radius 2 is 0.511 bits per heavy atom. The van der Waals surface area contributed by atoms with Crippen LogP contribution >= 0.6 is 0 Å². The molecule has 0 fully saturated rings. The molecule has 0 unspecified atom stereocenters. The molecule has 0 saturated heterocycles. The Kier molecular flexibility index (Phi) is 39.3. The summed E-state index contributed by atoms with van der Waals surface area (Å²) in [5.41, 5.74) is 0. The van der Waals surface area contributed by atoms with Crippen molar-refractivity contribution in [2.24, 2.45) is 0 Å². The zero-order chi connectivity index (χ0) is 34.1. The van der Waals surface area contributed by atoms with Gasteiger partial charge >= 0.3 is 11.9 Å². The zero-order valence-corrected chi connectivity index (χ0v) is 28.6. The van der Waals surface area contributed by atoms with Crippen molar-refractivity contribution < 1.29 is 75.9 Å². The zero-order valence-electron chi connectivity index (χ0n) is 28.6. The molecule has 0 aromatic carbocycles. The molecule has 0 atom stereocenters. The second kappa shape index (κ2) is 40.6. The SMILES string of the molecule is CCOC(=O)CCOCCOCCOCCOCCOCCOCCOCCOCCOCCOCCOCCOCCC(=O)OC. The van der Waals surface area contributed by atoms with Crippen molar-refractivity contribution in [2.45, 2.75) is 19.8 Å². The maximum Gasteiger partial charge on any atom is 0.308 e. The van der Waals surface area contributed by atoms with Gasteiger partial charge in [0, 0.05) is 0 Å². The number of carbonyl (C=O) groups is 2. The minimum atomic E-state index is -0.289. The Labute approximate surface area is 280 Å². The lowest BCUT2D eigenvalue weighted by Gasteiger charge is -2.09. The molecule has 0 amide bonds. The van der Waals surface area contributed by atoms with Crippen molar-refractivity contribution in [3.8, 4) is 0 Å². The van der Waals surface area contributed by atoms with Gasteiger partial charge < -0.3 is 66.3 Å². The van der Waals surface area contributed by atoms with Crippen LogP contribution in [0.25, 0.3) is 0 Å². The topological polar surface area (TPSA) is 163 Å². The first-order valence-electron chi connectivity index (χ1n) is 16.4. The van der Waals surface area contributed by atoms with Crippen molar-refractivity contribution in [3.05, 3.63) is 0 Å². The first-order chi connectivity index (χ1) is 23.2. The molecule has 0 spiro atoms. The molecular formula is C31H60O16. The normalized spacial score (nSPS) is 11.3. The highest BCUT2D eigenvalue weighted by molar-refractivity contribution is 5.69. The van der Waals surface area contributed by atoms with Crippen LogP contribution in [0.5, 0.6) is 0 Å². The second-order valence-corrected chi connectivity index (χ2v) is 9.23. The summed E-state index contributed by atoms with van der Waals surface area (Å²) in [5, 5.41) is 0. The molecular weight excluding hydrogens is 628 g/mol. The fourth-order valence-corrected chi connectivity index (χ4v) is 3.17. The van der Waals surface area contributed by atoms with Crippen LogP contribution in [0.15, 0.2) is 0 Å². The number of hydrogen-bond donors (Lipinski definition) is 0. The Bertz CT molecular complexity index is 643. The summed E-state index contributed by atoms with van der Waals surface area (Å²) in [6.07, 6.45) is 0.493. The number of ether oxygens (including phenoxy) is 14. The molecule has 16 nitrogen and oxygen atoms in total. The van der Waals surface area contributed by atoms with Crippen molar-refractivity contribution in [1.82, 2.24) is 0 Å². The molecule has 0 aliphatic rings. The summed E-state index contributed by atoms with van der Waals surface area (Å²) in [6.45, 7) is 13.2. The van der Waals surface area contributed by atoms with E-state index in [4.69, 9.17) is 61.6 Å². The van der Waals surface area contributed by atoms with Gasteiger partial charge in [0.2, 0.25) is 0 Å². The van der Waals surface area contributed by atoms with Crippen LogP contribution < -0.4 is 0 Å². The minimum absolute atomic E-state index is 0.241. The maximum absolute atomic E-state index is 11.1. The Morgan fingerprint density at radius 3 is 0.702 bits per heavy atom. The first-order valence-corrected chi connectivity index (χ1v) is 16.4. The van der Waals surface area contributed by atoms with Crippen molar-refractivity contribution in [3.63, 3.8) is 0 Å². The maximum atomic E-state index is 11.1. The second-order valence-electron chi connectivity index (χ2n) is 9.23. The lowest BCUT2D eigenvalue weighted by Crippen LogP contribution is -2.15. The van der Waals surface area contributed by atoms with Crippen LogP contribution in [-0.4, -0.2) is 184 Å². The molecule has 0 radical (unpaired) electrons. The van der Waals surface area contributed by atoms with E-state index in [2.05, 4.69) is 4.74 Å². The highest BCUT2D eigenvalue weighted by Gasteiger charge is 2.01. The molecule has 0 heterocycles. The largest absolute Gasteiger partial charge is 0.469 e. The molecule has 0 rings (SSSR count). The molecule has 0 bridgehead atoms. The minimum Gasteiger partial charge on any atom is -0.469 e. The number of esters is 2. The van der Waals surface area contributed by atoms with Gasteiger partial charge in [-0.1, -0.05) is 0 Å². The fraction of sp³-hybridized carbons (Fsp3) is 0.935. The van der Waals surface area contributed by atoms with E-state index in [1.54, 1.807) is 6.92 Å². The van der Waals surface area contributed by atoms with E-state index in [9.17, 15) is 9.59 Å². The van der Waals surface area contributed by atoms with E-state index in [1.165, 1.54) is 7.11 Å². The summed E-state index contributed by atoms with van der Waals surface area (Å²) >= 11 is 0. The molecule has 280 valence electrons. The molecule has 47 heavy (non-hydrogen) atoms. The van der Waals surface area contributed by atoms with Gasteiger partial charge in [0.15, 0.2) is 0 Å². The van der Waals surface area contributed by atoms with Gasteiger partial charge in [-0.15, -0.1) is 0 Å². The first kappa shape index (κ1) is 45.5. The third-order valence-electron chi connectivity index (χ3n) is 5.53. The van der Waals surface area contributed by atoms with Crippen LogP contribution in [0, 0.1) is 0 Å². The molecule has 0 aromatic heterocycles. The van der Waals surface area contributed by atoms with Crippen LogP contribution in [0.2, 0.25) is 0 Å². The third-order valence-corrected chi connectivity index (χ3v) is 5.53. The number of methoxy groups -OCH3 is 1. The molecule has 0 N–H and O–H groups in total. The van der Waals surface area contributed by atoms with E-state index in [0.29, 0.717) is 165 Å². The molecule has 16 heteroatoms. The van der Waals surface area contributed by atoms with Gasteiger partial charge in [-0.25, -0.2) is 0 Å². The lowest BCUT2D eigenvalue weighted by molar-refractivity contribution is -0.144. The highest BCUT2D eigenvalue weighted by atomic mass is 16.6. The number of hydrogen-bond acceptors (Lipinski definition) is 16. The van der Waals surface area contributed by atoms with Crippen LogP contribution in [0.3, 0.4) is 0 Å². The van der Waals surface area contributed by atoms with Crippen molar-refractivity contribution in [1.29, 1.82) is 0 Å². The van der Waals surface area contributed by atoms with Gasteiger partial charge in [-0.2, -0.15) is 0 Å². The predicted octanol–water partition coefficient (Wildman–Crippen LogP) is 0.702.